The lowest BCUT2D eigenvalue weighted by Crippen LogP contribution is -2.27. The number of rotatable bonds is 2. The number of hydrogen-bond acceptors (Lipinski definition) is 3. The number of nitrogens with zero attached hydrogens (tertiary/aromatic N) is 1. The van der Waals surface area contributed by atoms with E-state index in [0.29, 0.717) is 5.41 Å². The molecule has 0 radical (unpaired) electrons. The Morgan fingerprint density at radius 1 is 1.44 bits per heavy atom. The molecule has 3 heteroatoms. The van der Waals surface area contributed by atoms with Crippen LogP contribution in [-0.4, -0.2) is 31.2 Å². The lowest BCUT2D eigenvalue weighted by atomic mass is 9.87. The van der Waals surface area contributed by atoms with Crippen LogP contribution in [-0.2, 0) is 11.3 Å². The summed E-state index contributed by atoms with van der Waals surface area (Å²) in [5, 5.41) is 0. The molecular weight excluding hydrogens is 218 g/mol. The van der Waals surface area contributed by atoms with E-state index in [1.165, 1.54) is 35.7 Å². The van der Waals surface area contributed by atoms with E-state index in [-0.39, 0.29) is 0 Å². The van der Waals surface area contributed by atoms with Crippen molar-refractivity contribution in [3.8, 4) is 0 Å². The first-order valence-corrected chi connectivity index (χ1v) is 6.93. The molecule has 1 aromatic heterocycles. The molecule has 1 atom stereocenters. The molecule has 0 N–H and O–H groups in total. The van der Waals surface area contributed by atoms with E-state index in [1.54, 1.807) is 0 Å². The molecule has 3 rings (SSSR count). The average molecular weight is 237 g/mol. The van der Waals surface area contributed by atoms with Gasteiger partial charge in [0.05, 0.1) is 6.61 Å². The molecule has 1 unspecified atom stereocenters. The highest BCUT2D eigenvalue weighted by Crippen LogP contribution is 2.38. The second kappa shape index (κ2) is 4.13. The molecule has 2 saturated heterocycles. The Hall–Kier alpha value is -0.380. The zero-order valence-corrected chi connectivity index (χ0v) is 10.7. The van der Waals surface area contributed by atoms with Crippen LogP contribution in [0, 0.1) is 12.3 Å². The molecule has 1 spiro atoms. The van der Waals surface area contributed by atoms with Crippen LogP contribution in [0.1, 0.15) is 22.6 Å². The van der Waals surface area contributed by atoms with Crippen LogP contribution >= 0.6 is 11.3 Å². The van der Waals surface area contributed by atoms with Crippen LogP contribution in [0.5, 0.6) is 0 Å². The van der Waals surface area contributed by atoms with Gasteiger partial charge in [0.15, 0.2) is 0 Å². The number of aryl methyl sites for hydroxylation is 1. The van der Waals surface area contributed by atoms with Gasteiger partial charge in [0.25, 0.3) is 0 Å². The normalized spacial score (nSPS) is 30.6. The van der Waals surface area contributed by atoms with Gasteiger partial charge >= 0.3 is 0 Å². The maximum Gasteiger partial charge on any atom is 0.0536 e. The Bertz CT molecular complexity index is 368. The van der Waals surface area contributed by atoms with Gasteiger partial charge in [-0.05, 0) is 38.4 Å². The zero-order chi connectivity index (χ0) is 11.0. The van der Waals surface area contributed by atoms with Gasteiger partial charge in [-0.1, -0.05) is 0 Å². The summed E-state index contributed by atoms with van der Waals surface area (Å²) in [6, 6.07) is 4.50. The van der Waals surface area contributed by atoms with Gasteiger partial charge in [-0.2, -0.15) is 0 Å². The second-order valence-electron chi connectivity index (χ2n) is 5.28. The van der Waals surface area contributed by atoms with E-state index >= 15 is 0 Å². The summed E-state index contributed by atoms with van der Waals surface area (Å²) in [7, 11) is 0. The molecule has 16 heavy (non-hydrogen) atoms. The molecule has 0 amide bonds. The Morgan fingerprint density at radius 3 is 3.06 bits per heavy atom. The van der Waals surface area contributed by atoms with E-state index < -0.39 is 0 Å². The van der Waals surface area contributed by atoms with Crippen LogP contribution in [0.4, 0.5) is 0 Å². The van der Waals surface area contributed by atoms with Gasteiger partial charge < -0.3 is 4.74 Å². The lowest BCUT2D eigenvalue weighted by molar-refractivity contribution is 0.151. The highest BCUT2D eigenvalue weighted by atomic mass is 32.1. The Morgan fingerprint density at radius 2 is 2.38 bits per heavy atom. The van der Waals surface area contributed by atoms with E-state index in [9.17, 15) is 0 Å². The van der Waals surface area contributed by atoms with Crippen molar-refractivity contribution in [1.29, 1.82) is 0 Å². The summed E-state index contributed by atoms with van der Waals surface area (Å²) in [4.78, 5) is 5.53. The Labute approximate surface area is 101 Å². The van der Waals surface area contributed by atoms with Crippen molar-refractivity contribution in [2.24, 2.45) is 5.41 Å². The van der Waals surface area contributed by atoms with Crippen molar-refractivity contribution in [2.75, 3.05) is 26.3 Å². The molecule has 2 nitrogen and oxygen atoms in total. The number of hydrogen-bond donors (Lipinski definition) is 0. The summed E-state index contributed by atoms with van der Waals surface area (Å²) in [6.45, 7) is 7.79. The van der Waals surface area contributed by atoms with Gasteiger partial charge in [0.2, 0.25) is 0 Å². The zero-order valence-electron chi connectivity index (χ0n) is 9.87. The molecule has 0 saturated carbocycles. The summed E-state index contributed by atoms with van der Waals surface area (Å²) >= 11 is 1.93. The SMILES string of the molecule is Cc1ccc(CN2CCC3(CCOC3)C2)s1. The van der Waals surface area contributed by atoms with Crippen molar-refractivity contribution < 1.29 is 4.74 Å². The maximum absolute atomic E-state index is 5.56. The van der Waals surface area contributed by atoms with Crippen molar-refractivity contribution in [3.05, 3.63) is 21.9 Å². The van der Waals surface area contributed by atoms with Crippen molar-refractivity contribution >= 4 is 11.3 Å². The quantitative estimate of drug-likeness (QED) is 0.784. The third-order valence-electron chi connectivity index (χ3n) is 3.88. The lowest BCUT2D eigenvalue weighted by Gasteiger charge is -2.21. The van der Waals surface area contributed by atoms with E-state index in [1.807, 2.05) is 11.3 Å². The fourth-order valence-corrected chi connectivity index (χ4v) is 3.86. The predicted molar refractivity (Wildman–Crippen MR) is 66.8 cm³/mol. The second-order valence-corrected chi connectivity index (χ2v) is 6.65. The van der Waals surface area contributed by atoms with E-state index in [4.69, 9.17) is 4.74 Å². The summed E-state index contributed by atoms with van der Waals surface area (Å²) in [5.41, 5.74) is 0.506. The molecule has 88 valence electrons. The monoisotopic (exact) mass is 237 g/mol. The van der Waals surface area contributed by atoms with Gasteiger partial charge in [0, 0.05) is 34.9 Å². The molecule has 1 aromatic rings. The smallest absolute Gasteiger partial charge is 0.0536 e. The molecule has 2 aliphatic heterocycles. The summed E-state index contributed by atoms with van der Waals surface area (Å²) in [6.07, 6.45) is 2.60. The third kappa shape index (κ3) is 2.04. The third-order valence-corrected chi connectivity index (χ3v) is 4.86. The van der Waals surface area contributed by atoms with Gasteiger partial charge in [-0.25, -0.2) is 0 Å². The van der Waals surface area contributed by atoms with Crippen molar-refractivity contribution in [2.45, 2.75) is 26.3 Å². The van der Waals surface area contributed by atoms with E-state index in [2.05, 4.69) is 24.0 Å². The minimum atomic E-state index is 0.506. The van der Waals surface area contributed by atoms with Crippen LogP contribution in [0.25, 0.3) is 0 Å². The first-order valence-electron chi connectivity index (χ1n) is 6.11. The first kappa shape index (κ1) is 10.8. The number of ether oxygens (including phenoxy) is 1. The fraction of sp³-hybridized carbons (Fsp3) is 0.692. The van der Waals surface area contributed by atoms with Crippen molar-refractivity contribution in [3.63, 3.8) is 0 Å². The summed E-state index contributed by atoms with van der Waals surface area (Å²) < 4.78 is 5.56. The Balaban J connectivity index is 1.61. The summed E-state index contributed by atoms with van der Waals surface area (Å²) in [5.74, 6) is 0. The largest absolute Gasteiger partial charge is 0.381 e. The van der Waals surface area contributed by atoms with E-state index in [0.717, 1.165) is 19.8 Å². The van der Waals surface area contributed by atoms with Crippen LogP contribution in [0.15, 0.2) is 12.1 Å². The minimum absolute atomic E-state index is 0.506. The number of thiophene rings is 1. The Kier molecular flexibility index (Phi) is 2.78. The molecule has 2 fully saturated rings. The molecule has 0 bridgehead atoms. The van der Waals surface area contributed by atoms with Gasteiger partial charge in [-0.3, -0.25) is 4.90 Å². The molecule has 0 aromatic carbocycles. The average Bonchev–Trinajstić information content (AvgIpc) is 2.94. The van der Waals surface area contributed by atoms with Crippen LogP contribution in [0.3, 0.4) is 0 Å². The van der Waals surface area contributed by atoms with Crippen LogP contribution < -0.4 is 0 Å². The highest BCUT2D eigenvalue weighted by molar-refractivity contribution is 7.11. The molecule has 0 aliphatic carbocycles. The van der Waals surface area contributed by atoms with Gasteiger partial charge in [-0.15, -0.1) is 11.3 Å². The molecule has 3 heterocycles. The topological polar surface area (TPSA) is 12.5 Å². The minimum Gasteiger partial charge on any atom is -0.381 e. The maximum atomic E-state index is 5.56. The standard InChI is InChI=1S/C13H19NOS/c1-11-2-3-12(16-11)8-14-6-4-13(9-14)5-7-15-10-13/h2-3H,4-10H2,1H3. The fourth-order valence-electron chi connectivity index (χ4n) is 2.92. The van der Waals surface area contributed by atoms with Gasteiger partial charge in [0.1, 0.15) is 0 Å². The molecular formula is C13H19NOS. The number of likely N-dealkylation sites (tertiary alicyclic amines) is 1. The van der Waals surface area contributed by atoms with Crippen LogP contribution in [0.2, 0.25) is 0 Å². The predicted octanol–water partition coefficient (Wildman–Crippen LogP) is 2.67. The van der Waals surface area contributed by atoms with Crippen molar-refractivity contribution in [1.82, 2.24) is 4.90 Å². The first-order chi connectivity index (χ1) is 7.76. The highest BCUT2D eigenvalue weighted by Gasteiger charge is 2.41. The molecule has 2 aliphatic rings.